The van der Waals surface area contributed by atoms with Crippen LogP contribution in [0.3, 0.4) is 0 Å². The van der Waals surface area contributed by atoms with Gasteiger partial charge in [-0.15, -0.1) is 90.0 Å². The molecule has 0 amide bonds. The SMILES string of the molecule is [2H]c1cc2oc3c(-c4ccc(C(C)(C)Cc5cc(C([2H])([2H])C([2H])([2H])c6ccc(-c7[c-]cccc7)nc6)cc(C([2H])([2H])C([2H])([2H])c6ccc(-c7[c-]cccc7)nc6)c5)cn4)[c-]ccc3c2c([2H])c1F.[Ir+3]. The van der Waals surface area contributed by atoms with Crippen molar-refractivity contribution in [2.75, 3.05) is 0 Å². The molecule has 59 heavy (non-hydrogen) atoms. The molecule has 0 aliphatic heterocycles. The minimum absolute atomic E-state index is 0. The maximum atomic E-state index is 14.6. The summed E-state index contributed by atoms with van der Waals surface area (Å²) in [5.41, 5.74) is 3.74. The fraction of sp³-hybridized carbons (Fsp3) is 0.151. The van der Waals surface area contributed by atoms with Crippen LogP contribution >= 0.6 is 0 Å². The average Bonchev–Trinajstić information content (AvgIpc) is 3.72. The summed E-state index contributed by atoms with van der Waals surface area (Å²) in [6.07, 6.45) is -6.61. The fourth-order valence-electron chi connectivity index (χ4n) is 6.92. The number of pyridine rings is 3. The number of aromatic nitrogens is 3. The molecule has 4 heterocycles. The molecule has 0 atom stereocenters. The zero-order chi connectivity index (χ0) is 48.4. The summed E-state index contributed by atoms with van der Waals surface area (Å²) in [5.74, 6) is -0.947. The van der Waals surface area contributed by atoms with Crippen LogP contribution in [0.1, 0.15) is 60.9 Å². The molecule has 0 aliphatic rings. The molecule has 0 spiro atoms. The Morgan fingerprint density at radius 3 is 1.78 bits per heavy atom. The van der Waals surface area contributed by atoms with Crippen molar-refractivity contribution in [1.82, 2.24) is 15.0 Å². The molecular weight excluding hydrogens is 906 g/mol. The first-order valence-corrected chi connectivity index (χ1v) is 18.7. The van der Waals surface area contributed by atoms with Gasteiger partial charge in [-0.1, -0.05) is 79.4 Å². The van der Waals surface area contributed by atoms with Gasteiger partial charge in [-0.05, 0) is 106 Å². The molecule has 0 N–H and O–H groups in total. The predicted molar refractivity (Wildman–Crippen MR) is 231 cm³/mol. The van der Waals surface area contributed by atoms with Crippen molar-refractivity contribution in [1.29, 1.82) is 0 Å². The summed E-state index contributed by atoms with van der Waals surface area (Å²) in [7, 11) is 0. The van der Waals surface area contributed by atoms with E-state index >= 15 is 0 Å². The van der Waals surface area contributed by atoms with Crippen LogP contribution in [0.15, 0.2) is 156 Å². The van der Waals surface area contributed by atoms with E-state index in [0.717, 1.165) is 5.56 Å². The monoisotopic (exact) mass is 957 g/mol. The quantitative estimate of drug-likeness (QED) is 0.115. The Hall–Kier alpha value is -6.07. The second-order valence-electron chi connectivity index (χ2n) is 14.5. The van der Waals surface area contributed by atoms with E-state index in [0.29, 0.717) is 50.3 Å². The van der Waals surface area contributed by atoms with Gasteiger partial charge in [0.2, 0.25) is 0 Å². The second-order valence-corrected chi connectivity index (χ2v) is 14.5. The Bertz CT molecular complexity index is 3190. The van der Waals surface area contributed by atoms with Crippen LogP contribution in [0.2, 0.25) is 0 Å². The number of fused-ring (bicyclic) bond motifs is 3. The Kier molecular flexibility index (Phi) is 8.62. The van der Waals surface area contributed by atoms with Gasteiger partial charge in [-0.25, -0.2) is 4.39 Å². The van der Waals surface area contributed by atoms with Crippen LogP contribution in [0.25, 0.3) is 55.7 Å². The van der Waals surface area contributed by atoms with Crippen molar-refractivity contribution in [3.05, 3.63) is 209 Å². The third-order valence-corrected chi connectivity index (χ3v) is 9.88. The molecule has 4 nitrogen and oxygen atoms in total. The summed E-state index contributed by atoms with van der Waals surface area (Å²) >= 11 is 0. The zero-order valence-corrected chi connectivity index (χ0v) is 34.3. The third kappa shape index (κ3) is 9.00. The molecule has 9 aromatic rings. The number of hydrogen-bond acceptors (Lipinski definition) is 4. The van der Waals surface area contributed by atoms with Crippen LogP contribution in [0.5, 0.6) is 0 Å². The number of nitrogens with zero attached hydrogens (tertiary/aromatic N) is 3. The van der Waals surface area contributed by atoms with Gasteiger partial charge in [0.1, 0.15) is 11.4 Å². The molecule has 6 heteroatoms. The van der Waals surface area contributed by atoms with Crippen LogP contribution < -0.4 is 0 Å². The summed E-state index contributed by atoms with van der Waals surface area (Å²) in [5, 5.41) is 0.720. The number of hydrogen-bond donors (Lipinski definition) is 0. The van der Waals surface area contributed by atoms with E-state index in [1.807, 2.05) is 56.3 Å². The molecule has 290 valence electrons. The first kappa shape index (κ1) is 29.2. The van der Waals surface area contributed by atoms with Crippen LogP contribution in [-0.4, -0.2) is 15.0 Å². The van der Waals surface area contributed by atoms with Crippen LogP contribution in [-0.2, 0) is 57.4 Å². The minimum atomic E-state index is -2.80. The smallest absolute Gasteiger partial charge is 0.501 e. The van der Waals surface area contributed by atoms with E-state index < -0.39 is 48.8 Å². The van der Waals surface area contributed by atoms with Crippen molar-refractivity contribution >= 4 is 21.9 Å². The molecule has 0 saturated heterocycles. The first-order chi connectivity index (χ1) is 32.2. The maximum absolute atomic E-state index is 14.6. The zero-order valence-electron chi connectivity index (χ0n) is 41.9. The molecule has 0 fully saturated rings. The maximum Gasteiger partial charge on any atom is 3.00 e. The van der Waals surface area contributed by atoms with Gasteiger partial charge in [0, 0.05) is 34.9 Å². The van der Waals surface area contributed by atoms with Gasteiger partial charge in [-0.3, -0.25) is 0 Å². The minimum Gasteiger partial charge on any atom is -0.501 e. The summed E-state index contributed by atoms with van der Waals surface area (Å²) in [4.78, 5) is 13.6. The molecule has 0 unspecified atom stereocenters. The van der Waals surface area contributed by atoms with Gasteiger partial charge in [-0.2, -0.15) is 0 Å². The number of furan rings is 1. The Balaban J connectivity index is 0.00000642. The number of benzene rings is 5. The first-order valence-electron chi connectivity index (χ1n) is 23.7. The van der Waals surface area contributed by atoms with Gasteiger partial charge in [0.25, 0.3) is 0 Å². The predicted octanol–water partition coefficient (Wildman–Crippen LogP) is 12.4. The summed E-state index contributed by atoms with van der Waals surface area (Å²) in [6.45, 7) is 3.86. The van der Waals surface area contributed by atoms with E-state index in [4.69, 9.17) is 12.1 Å². The van der Waals surface area contributed by atoms with Crippen LogP contribution in [0, 0.1) is 24.0 Å². The summed E-state index contributed by atoms with van der Waals surface area (Å²) < 4.78 is 112. The number of rotatable bonds is 12. The number of aryl methyl sites for hydroxylation is 4. The molecular formula is C53H41FIrN3O. The third-order valence-electron chi connectivity index (χ3n) is 9.88. The molecule has 0 saturated carbocycles. The molecule has 9 rings (SSSR count). The molecule has 5 aromatic carbocycles. The van der Waals surface area contributed by atoms with Crippen molar-refractivity contribution in [3.8, 4) is 33.8 Å². The van der Waals surface area contributed by atoms with Gasteiger partial charge >= 0.3 is 20.1 Å². The van der Waals surface area contributed by atoms with Crippen molar-refractivity contribution in [3.63, 3.8) is 0 Å². The molecule has 4 aromatic heterocycles. The van der Waals surface area contributed by atoms with E-state index in [-0.39, 0.29) is 59.7 Å². The van der Waals surface area contributed by atoms with E-state index in [1.54, 1.807) is 48.7 Å². The van der Waals surface area contributed by atoms with E-state index in [1.165, 1.54) is 48.8 Å². The van der Waals surface area contributed by atoms with Gasteiger partial charge in [0.05, 0.1) is 8.32 Å². The van der Waals surface area contributed by atoms with Crippen molar-refractivity contribution < 1.29 is 42.6 Å². The van der Waals surface area contributed by atoms with E-state index in [2.05, 4.69) is 28.2 Å². The van der Waals surface area contributed by atoms with Gasteiger partial charge in [0.15, 0.2) is 0 Å². The van der Waals surface area contributed by atoms with E-state index in [9.17, 15) is 15.4 Å². The molecule has 0 radical (unpaired) electrons. The Labute approximate surface area is 372 Å². The molecule has 0 aliphatic carbocycles. The molecule has 0 bridgehead atoms. The number of halogens is 1. The summed E-state index contributed by atoms with van der Waals surface area (Å²) in [6, 6.07) is 41.3. The van der Waals surface area contributed by atoms with Gasteiger partial charge < -0.3 is 19.4 Å². The average molecular weight is 957 g/mol. The van der Waals surface area contributed by atoms with Crippen molar-refractivity contribution in [2.45, 2.75) is 51.2 Å². The largest absolute Gasteiger partial charge is 3.00 e. The van der Waals surface area contributed by atoms with Crippen LogP contribution in [0.4, 0.5) is 4.39 Å². The second kappa shape index (κ2) is 17.4. The topological polar surface area (TPSA) is 51.8 Å². The van der Waals surface area contributed by atoms with Crippen molar-refractivity contribution in [2.24, 2.45) is 0 Å². The Morgan fingerprint density at radius 2 is 1.22 bits per heavy atom. The standard InChI is InChI=1S/C53H41FN3O.Ir/c1-53(2,43-22-26-50(57-35-43)46-15-9-14-45-47-31-44(54)23-27-51(47)58-52(45)46)32-40-29-38(18-16-36-20-24-48(55-33-36)41-10-5-3-6-11-41)28-39(30-40)19-17-37-21-25-49(56-34-37)42-12-7-4-8-13-42;/h3-10,12,14,20-31,33-35H,16-19,32H2,1-2H3;/q-3;+3/i16D2,17D2,18D2,19D2,23D,31D;. The normalized spacial score (nSPS) is 15.0. The Morgan fingerprint density at radius 1 is 0.627 bits per heavy atom. The fourth-order valence-corrected chi connectivity index (χ4v) is 6.92.